The van der Waals surface area contributed by atoms with Crippen LogP contribution in [0, 0.1) is 5.41 Å². The van der Waals surface area contributed by atoms with Crippen LogP contribution in [0.15, 0.2) is 12.1 Å². The van der Waals surface area contributed by atoms with Crippen molar-refractivity contribution in [2.24, 2.45) is 5.41 Å². The number of nitrogens with one attached hydrogen (secondary N) is 1. The quantitative estimate of drug-likeness (QED) is 0.853. The molecule has 0 aliphatic heterocycles. The van der Waals surface area contributed by atoms with E-state index in [1.54, 1.807) is 12.1 Å². The lowest BCUT2D eigenvalue weighted by molar-refractivity contribution is 0.0945. The fourth-order valence-electron chi connectivity index (χ4n) is 1.72. The highest BCUT2D eigenvalue weighted by Gasteiger charge is 2.41. The Bertz CT molecular complexity index is 387. The maximum atomic E-state index is 11.7. The Kier molecular flexibility index (Phi) is 3.52. The van der Waals surface area contributed by atoms with Crippen LogP contribution < -0.4 is 5.32 Å². The van der Waals surface area contributed by atoms with Crippen molar-refractivity contribution in [3.05, 3.63) is 21.3 Å². The lowest BCUT2D eigenvalue weighted by atomic mass is 10.0. The average Bonchev–Trinajstić information content (AvgIpc) is 2.89. The van der Waals surface area contributed by atoms with Gasteiger partial charge in [0, 0.05) is 13.2 Å². The van der Waals surface area contributed by atoms with Gasteiger partial charge in [-0.1, -0.05) is 11.6 Å². The van der Waals surface area contributed by atoms with Crippen LogP contribution in [0.5, 0.6) is 0 Å². The summed E-state index contributed by atoms with van der Waals surface area (Å²) >= 11 is 7.05. The number of rotatable bonds is 5. The standard InChI is InChI=1S/C11H14ClNO2S/c12-9-2-1-8(16-9)10(15)13-7-11(3-4-11)5-6-14/h1-2,14H,3-7H2,(H,13,15). The molecule has 1 aliphatic carbocycles. The molecule has 16 heavy (non-hydrogen) atoms. The third-order valence-corrected chi connectivity index (χ3v) is 4.25. The van der Waals surface area contributed by atoms with E-state index in [0.29, 0.717) is 15.8 Å². The zero-order valence-electron chi connectivity index (χ0n) is 8.83. The summed E-state index contributed by atoms with van der Waals surface area (Å²) in [5, 5.41) is 11.8. The zero-order valence-corrected chi connectivity index (χ0v) is 10.4. The maximum absolute atomic E-state index is 11.7. The number of carbonyl (C=O) groups is 1. The van der Waals surface area contributed by atoms with Gasteiger partial charge >= 0.3 is 0 Å². The molecular formula is C11H14ClNO2S. The van der Waals surface area contributed by atoms with Gasteiger partial charge in [-0.15, -0.1) is 11.3 Å². The van der Waals surface area contributed by atoms with Crippen LogP contribution in [-0.2, 0) is 0 Å². The Morgan fingerprint density at radius 2 is 2.31 bits per heavy atom. The lowest BCUT2D eigenvalue weighted by Crippen LogP contribution is -2.30. The second-order valence-electron chi connectivity index (χ2n) is 4.26. The Labute approximate surface area is 103 Å². The van der Waals surface area contributed by atoms with E-state index in [9.17, 15) is 4.79 Å². The highest BCUT2D eigenvalue weighted by Crippen LogP contribution is 2.47. The molecule has 88 valence electrons. The van der Waals surface area contributed by atoms with Gasteiger partial charge in [0.2, 0.25) is 0 Å². The molecule has 3 nitrogen and oxygen atoms in total. The van der Waals surface area contributed by atoms with Crippen molar-refractivity contribution < 1.29 is 9.90 Å². The van der Waals surface area contributed by atoms with E-state index in [-0.39, 0.29) is 17.9 Å². The molecule has 1 aliphatic rings. The molecule has 0 bridgehead atoms. The third kappa shape index (κ3) is 2.75. The van der Waals surface area contributed by atoms with Gasteiger partial charge < -0.3 is 10.4 Å². The summed E-state index contributed by atoms with van der Waals surface area (Å²) < 4.78 is 0.627. The molecule has 0 radical (unpaired) electrons. The molecule has 2 N–H and O–H groups in total. The van der Waals surface area contributed by atoms with E-state index in [1.165, 1.54) is 11.3 Å². The number of thiophene rings is 1. The molecule has 1 fully saturated rings. The first-order valence-electron chi connectivity index (χ1n) is 5.30. The highest BCUT2D eigenvalue weighted by atomic mass is 35.5. The molecule has 1 heterocycles. The summed E-state index contributed by atoms with van der Waals surface area (Å²) in [5.74, 6) is -0.0684. The number of hydrogen-bond acceptors (Lipinski definition) is 3. The fraction of sp³-hybridized carbons (Fsp3) is 0.545. The Balaban J connectivity index is 1.84. The van der Waals surface area contributed by atoms with Crippen LogP contribution in [0.4, 0.5) is 0 Å². The first kappa shape index (κ1) is 11.9. The summed E-state index contributed by atoms with van der Waals surface area (Å²) in [5.41, 5.74) is 0.158. The van der Waals surface area contributed by atoms with Crippen LogP contribution in [0.1, 0.15) is 28.9 Å². The second kappa shape index (κ2) is 4.73. The van der Waals surface area contributed by atoms with Crippen molar-refractivity contribution in [2.75, 3.05) is 13.2 Å². The molecule has 0 saturated heterocycles. The van der Waals surface area contributed by atoms with Gasteiger partial charge in [-0.3, -0.25) is 4.79 Å². The van der Waals surface area contributed by atoms with Gasteiger partial charge in [0.1, 0.15) is 0 Å². The fourth-order valence-corrected chi connectivity index (χ4v) is 2.68. The van der Waals surface area contributed by atoms with Crippen molar-refractivity contribution in [1.29, 1.82) is 0 Å². The Morgan fingerprint density at radius 3 is 2.81 bits per heavy atom. The summed E-state index contributed by atoms with van der Waals surface area (Å²) in [7, 11) is 0. The molecule has 1 saturated carbocycles. The molecule has 1 amide bonds. The smallest absolute Gasteiger partial charge is 0.261 e. The number of aliphatic hydroxyl groups excluding tert-OH is 1. The summed E-state index contributed by atoms with van der Waals surface area (Å²) in [6.07, 6.45) is 2.97. The van der Waals surface area contributed by atoms with Crippen molar-refractivity contribution in [2.45, 2.75) is 19.3 Å². The maximum Gasteiger partial charge on any atom is 0.261 e. The van der Waals surface area contributed by atoms with Gasteiger partial charge in [0.25, 0.3) is 5.91 Å². The Morgan fingerprint density at radius 1 is 1.56 bits per heavy atom. The zero-order chi connectivity index (χ0) is 11.6. The predicted molar refractivity (Wildman–Crippen MR) is 65.0 cm³/mol. The molecule has 5 heteroatoms. The number of aliphatic hydroxyl groups is 1. The summed E-state index contributed by atoms with van der Waals surface area (Å²) in [6, 6.07) is 3.45. The number of halogens is 1. The van der Waals surface area contributed by atoms with Crippen LogP contribution in [-0.4, -0.2) is 24.2 Å². The van der Waals surface area contributed by atoms with Crippen molar-refractivity contribution in [3.8, 4) is 0 Å². The molecule has 0 atom stereocenters. The highest BCUT2D eigenvalue weighted by molar-refractivity contribution is 7.17. The van der Waals surface area contributed by atoms with E-state index in [0.717, 1.165) is 19.3 Å². The van der Waals surface area contributed by atoms with Crippen molar-refractivity contribution in [1.82, 2.24) is 5.32 Å². The van der Waals surface area contributed by atoms with E-state index in [4.69, 9.17) is 16.7 Å². The largest absolute Gasteiger partial charge is 0.396 e. The molecule has 0 aromatic carbocycles. The minimum atomic E-state index is -0.0684. The molecular weight excluding hydrogens is 246 g/mol. The van der Waals surface area contributed by atoms with Gasteiger partial charge in [-0.05, 0) is 36.8 Å². The van der Waals surface area contributed by atoms with E-state index in [2.05, 4.69) is 5.32 Å². The summed E-state index contributed by atoms with van der Waals surface area (Å²) in [4.78, 5) is 12.4. The Hall–Kier alpha value is -0.580. The van der Waals surface area contributed by atoms with Crippen molar-refractivity contribution >= 4 is 28.8 Å². The monoisotopic (exact) mass is 259 g/mol. The van der Waals surface area contributed by atoms with E-state index >= 15 is 0 Å². The van der Waals surface area contributed by atoms with Crippen LogP contribution in [0.2, 0.25) is 4.34 Å². The molecule has 1 aromatic heterocycles. The summed E-state index contributed by atoms with van der Waals surface area (Å²) in [6.45, 7) is 0.850. The first-order chi connectivity index (χ1) is 7.65. The lowest BCUT2D eigenvalue weighted by Gasteiger charge is -2.13. The van der Waals surface area contributed by atoms with Gasteiger partial charge in [0.05, 0.1) is 9.21 Å². The minimum absolute atomic E-state index is 0.0684. The van der Waals surface area contributed by atoms with Crippen molar-refractivity contribution in [3.63, 3.8) is 0 Å². The SMILES string of the molecule is O=C(NCC1(CCO)CC1)c1ccc(Cl)s1. The van der Waals surface area contributed by atoms with E-state index < -0.39 is 0 Å². The number of carbonyl (C=O) groups excluding carboxylic acids is 1. The van der Waals surface area contributed by atoms with E-state index in [1.807, 2.05) is 0 Å². The topological polar surface area (TPSA) is 49.3 Å². The van der Waals surface area contributed by atoms with Gasteiger partial charge in [-0.25, -0.2) is 0 Å². The predicted octanol–water partition coefficient (Wildman–Crippen LogP) is 2.29. The first-order valence-corrected chi connectivity index (χ1v) is 6.49. The number of amides is 1. The number of hydrogen-bond donors (Lipinski definition) is 2. The molecule has 0 spiro atoms. The van der Waals surface area contributed by atoms with Crippen LogP contribution in [0.25, 0.3) is 0 Å². The molecule has 2 rings (SSSR count). The third-order valence-electron chi connectivity index (χ3n) is 3.02. The van der Waals surface area contributed by atoms with Gasteiger partial charge in [0.15, 0.2) is 0 Å². The average molecular weight is 260 g/mol. The van der Waals surface area contributed by atoms with Gasteiger partial charge in [-0.2, -0.15) is 0 Å². The van der Waals surface area contributed by atoms with Crippen LogP contribution >= 0.6 is 22.9 Å². The van der Waals surface area contributed by atoms with Crippen LogP contribution in [0.3, 0.4) is 0 Å². The molecule has 0 unspecified atom stereocenters. The normalized spacial score (nSPS) is 17.1. The minimum Gasteiger partial charge on any atom is -0.396 e. The second-order valence-corrected chi connectivity index (χ2v) is 5.98. The molecule has 1 aromatic rings.